The van der Waals surface area contributed by atoms with E-state index in [0.29, 0.717) is 11.6 Å². The number of hydrogen-bond acceptors (Lipinski definition) is 5. The van der Waals surface area contributed by atoms with Crippen molar-refractivity contribution in [1.82, 2.24) is 19.6 Å². The third kappa shape index (κ3) is 1.88. The Labute approximate surface area is 106 Å². The van der Waals surface area contributed by atoms with Crippen molar-refractivity contribution < 1.29 is 4.79 Å². The second-order valence-electron chi connectivity index (χ2n) is 3.67. The predicted octanol–water partition coefficient (Wildman–Crippen LogP) is 1.59. The molecule has 0 atom stereocenters. The lowest BCUT2D eigenvalue weighted by Crippen LogP contribution is -2.02. The number of hydrogen-bond donors (Lipinski definition) is 1. The summed E-state index contributed by atoms with van der Waals surface area (Å²) in [7, 11) is 0. The number of rotatable bonds is 2. The van der Waals surface area contributed by atoms with E-state index in [0.717, 1.165) is 28.3 Å². The van der Waals surface area contributed by atoms with Crippen molar-refractivity contribution in [2.45, 2.75) is 5.75 Å². The van der Waals surface area contributed by atoms with E-state index in [4.69, 9.17) is 5.73 Å². The van der Waals surface area contributed by atoms with Crippen LogP contribution < -0.4 is 5.73 Å². The van der Waals surface area contributed by atoms with Gasteiger partial charge in [0.25, 0.3) is 5.24 Å². The number of nitrogens with zero attached hydrogens (tertiary/aromatic N) is 4. The van der Waals surface area contributed by atoms with Crippen molar-refractivity contribution in [2.75, 3.05) is 0 Å². The van der Waals surface area contributed by atoms with Crippen molar-refractivity contribution in [3.05, 3.63) is 36.4 Å². The highest BCUT2D eigenvalue weighted by atomic mass is 32.2. The summed E-state index contributed by atoms with van der Waals surface area (Å²) in [5, 5.41) is 4.75. The van der Waals surface area contributed by atoms with Crippen LogP contribution in [0.3, 0.4) is 0 Å². The van der Waals surface area contributed by atoms with Crippen LogP contribution in [0.5, 0.6) is 0 Å². The molecule has 2 heterocycles. The van der Waals surface area contributed by atoms with Crippen LogP contribution in [0.2, 0.25) is 0 Å². The van der Waals surface area contributed by atoms with Gasteiger partial charge in [0.15, 0.2) is 11.5 Å². The van der Waals surface area contributed by atoms with Crippen LogP contribution >= 0.6 is 11.8 Å². The average molecular weight is 259 g/mol. The van der Waals surface area contributed by atoms with Gasteiger partial charge in [-0.15, -0.1) is 5.10 Å². The van der Waals surface area contributed by atoms with Crippen LogP contribution in [0.1, 0.15) is 5.82 Å². The summed E-state index contributed by atoms with van der Waals surface area (Å²) < 4.78 is 1.61. The smallest absolute Gasteiger partial charge is 0.276 e. The topological polar surface area (TPSA) is 86.2 Å². The number of thioether (sulfide) groups is 1. The van der Waals surface area contributed by atoms with Crippen LogP contribution in [0.4, 0.5) is 4.79 Å². The van der Waals surface area contributed by atoms with Crippen LogP contribution in [0, 0.1) is 0 Å². The van der Waals surface area contributed by atoms with E-state index < -0.39 is 5.24 Å². The summed E-state index contributed by atoms with van der Waals surface area (Å²) in [6, 6.07) is 7.71. The molecule has 0 aliphatic rings. The molecule has 0 saturated carbocycles. The van der Waals surface area contributed by atoms with Crippen LogP contribution in [0.25, 0.3) is 16.6 Å². The minimum absolute atomic E-state index is 0.366. The zero-order chi connectivity index (χ0) is 12.5. The average Bonchev–Trinajstić information content (AvgIpc) is 2.79. The number of carbonyl (C=O) groups excluding carboxylic acids is 1. The highest BCUT2D eigenvalue weighted by Gasteiger charge is 2.08. The Morgan fingerprint density at radius 2 is 2.22 bits per heavy atom. The number of amides is 1. The molecule has 0 unspecified atom stereocenters. The summed E-state index contributed by atoms with van der Waals surface area (Å²) in [4.78, 5) is 19.4. The molecule has 2 aromatic heterocycles. The Morgan fingerprint density at radius 3 is 3.06 bits per heavy atom. The van der Waals surface area contributed by atoms with Crippen molar-refractivity contribution in [3.63, 3.8) is 0 Å². The maximum absolute atomic E-state index is 10.7. The summed E-state index contributed by atoms with van der Waals surface area (Å²) >= 11 is 0.985. The fraction of sp³-hybridized carbons (Fsp3) is 0.0909. The number of para-hydroxylation sites is 1. The van der Waals surface area contributed by atoms with Crippen LogP contribution in [-0.2, 0) is 5.75 Å². The van der Waals surface area contributed by atoms with Gasteiger partial charge in [0.1, 0.15) is 6.33 Å². The monoisotopic (exact) mass is 259 g/mol. The molecule has 3 rings (SSSR count). The number of fused-ring (bicyclic) bond motifs is 3. The molecule has 3 aromatic rings. The van der Waals surface area contributed by atoms with Crippen molar-refractivity contribution in [2.24, 2.45) is 5.73 Å². The second-order valence-corrected chi connectivity index (χ2v) is 4.65. The molecule has 1 amide bonds. The number of carbonyl (C=O) groups is 1. The minimum atomic E-state index is -0.433. The fourth-order valence-corrected chi connectivity index (χ4v) is 2.11. The Balaban J connectivity index is 2.11. The van der Waals surface area contributed by atoms with Gasteiger partial charge in [0.2, 0.25) is 0 Å². The number of aromatic nitrogens is 4. The lowest BCUT2D eigenvalue weighted by atomic mass is 10.2. The van der Waals surface area contributed by atoms with E-state index in [-0.39, 0.29) is 0 Å². The second kappa shape index (κ2) is 4.26. The third-order valence-corrected chi connectivity index (χ3v) is 3.16. The third-order valence-electron chi connectivity index (χ3n) is 2.47. The van der Waals surface area contributed by atoms with Crippen molar-refractivity contribution in [1.29, 1.82) is 0 Å². The number of primary amides is 1. The molecule has 0 spiro atoms. The first-order valence-corrected chi connectivity index (χ1v) is 6.24. The largest absolute Gasteiger partial charge is 0.361 e. The van der Waals surface area contributed by atoms with E-state index in [1.165, 1.54) is 0 Å². The van der Waals surface area contributed by atoms with E-state index >= 15 is 0 Å². The van der Waals surface area contributed by atoms with Gasteiger partial charge < -0.3 is 5.73 Å². The van der Waals surface area contributed by atoms with Gasteiger partial charge in [-0.2, -0.15) is 0 Å². The molecular formula is C11H9N5OS. The van der Waals surface area contributed by atoms with E-state index in [1.54, 1.807) is 10.8 Å². The van der Waals surface area contributed by atoms with Gasteiger partial charge in [0, 0.05) is 5.39 Å². The Bertz CT molecular complexity index is 738. The molecule has 6 nitrogen and oxygen atoms in total. The van der Waals surface area contributed by atoms with E-state index in [9.17, 15) is 4.79 Å². The number of nitrogens with two attached hydrogens (primary N) is 1. The summed E-state index contributed by atoms with van der Waals surface area (Å²) in [5.74, 6) is 0.933. The summed E-state index contributed by atoms with van der Waals surface area (Å²) in [5.41, 5.74) is 6.68. The molecule has 18 heavy (non-hydrogen) atoms. The number of benzene rings is 1. The van der Waals surface area contributed by atoms with Crippen molar-refractivity contribution in [3.8, 4) is 0 Å². The van der Waals surface area contributed by atoms with Gasteiger partial charge in [-0.1, -0.05) is 23.9 Å². The standard InChI is InChI=1S/C11H9N5OS/c12-11(17)18-5-9-14-10-7-3-1-2-4-8(7)13-6-16(10)15-9/h1-4,6H,5H2,(H2,12,17). The van der Waals surface area contributed by atoms with Crippen LogP contribution in [-0.4, -0.2) is 24.8 Å². The van der Waals surface area contributed by atoms with Gasteiger partial charge in [-0.25, -0.2) is 14.5 Å². The van der Waals surface area contributed by atoms with Gasteiger partial charge >= 0.3 is 0 Å². The first-order chi connectivity index (χ1) is 8.74. The Kier molecular flexibility index (Phi) is 2.60. The normalized spacial score (nSPS) is 11.1. The molecule has 7 heteroatoms. The van der Waals surface area contributed by atoms with Gasteiger partial charge in [-0.05, 0) is 12.1 Å². The van der Waals surface area contributed by atoms with E-state index in [1.807, 2.05) is 24.3 Å². The fourth-order valence-electron chi connectivity index (χ4n) is 1.72. The SMILES string of the molecule is NC(=O)SCc1nc2c3ccccc3ncn2n1. The molecule has 0 radical (unpaired) electrons. The molecule has 90 valence electrons. The molecule has 0 aliphatic heterocycles. The maximum Gasteiger partial charge on any atom is 0.276 e. The van der Waals surface area contributed by atoms with Gasteiger partial charge in [0.05, 0.1) is 11.3 Å². The zero-order valence-electron chi connectivity index (χ0n) is 9.28. The first-order valence-electron chi connectivity index (χ1n) is 5.25. The van der Waals surface area contributed by atoms with Crippen LogP contribution in [0.15, 0.2) is 30.6 Å². The molecule has 2 N–H and O–H groups in total. The maximum atomic E-state index is 10.7. The predicted molar refractivity (Wildman–Crippen MR) is 69.2 cm³/mol. The lowest BCUT2D eigenvalue weighted by molar-refractivity contribution is 0.267. The summed E-state index contributed by atoms with van der Waals surface area (Å²) in [6.45, 7) is 0. The van der Waals surface area contributed by atoms with Crippen molar-refractivity contribution >= 4 is 33.6 Å². The highest BCUT2D eigenvalue weighted by Crippen LogP contribution is 2.17. The molecule has 0 fully saturated rings. The molecule has 1 aromatic carbocycles. The van der Waals surface area contributed by atoms with E-state index in [2.05, 4.69) is 15.1 Å². The quantitative estimate of drug-likeness (QED) is 0.755. The minimum Gasteiger partial charge on any atom is -0.361 e. The van der Waals surface area contributed by atoms with Gasteiger partial charge in [-0.3, -0.25) is 4.79 Å². The molecule has 0 aliphatic carbocycles. The lowest BCUT2D eigenvalue weighted by Gasteiger charge is -1.96. The highest BCUT2D eigenvalue weighted by molar-refractivity contribution is 8.12. The molecular weight excluding hydrogens is 250 g/mol. The summed E-state index contributed by atoms with van der Waals surface area (Å²) in [6.07, 6.45) is 1.61. The zero-order valence-corrected chi connectivity index (χ0v) is 10.1. The molecule has 0 bridgehead atoms. The first kappa shape index (κ1) is 11.0. The molecule has 0 saturated heterocycles. The Hall–Kier alpha value is -2.15. The Morgan fingerprint density at radius 1 is 1.39 bits per heavy atom.